The number of nitrogens with one attached hydrogen (secondary N) is 2. The number of aliphatic hydroxyl groups is 1. The number of aliphatic imine (C=N–C) groups is 1. The van der Waals surface area contributed by atoms with E-state index in [9.17, 15) is 5.11 Å². The third kappa shape index (κ3) is 6.82. The molecule has 0 aliphatic carbocycles. The second kappa shape index (κ2) is 11.5. The monoisotopic (exact) mass is 540 g/mol. The highest BCUT2D eigenvalue weighted by Gasteiger charge is 2.24. The largest absolute Gasteiger partial charge is 0.444 e. The zero-order valence-corrected chi connectivity index (χ0v) is 20.7. The molecule has 3 N–H and O–H groups in total. The Labute approximate surface area is 198 Å². The summed E-state index contributed by atoms with van der Waals surface area (Å²) in [6.45, 7) is 7.54. The van der Waals surface area contributed by atoms with Gasteiger partial charge >= 0.3 is 0 Å². The van der Waals surface area contributed by atoms with Crippen LogP contribution >= 0.6 is 35.3 Å². The Morgan fingerprint density at radius 2 is 2.00 bits per heavy atom. The Hall–Kier alpha value is -1.91. The topological polar surface area (TPSA) is 82.7 Å². The average molecular weight is 540 g/mol. The van der Waals surface area contributed by atoms with E-state index in [0.29, 0.717) is 24.8 Å². The molecule has 0 amide bonds. The van der Waals surface area contributed by atoms with Crippen LogP contribution in [0.15, 0.2) is 57.5 Å². The lowest BCUT2D eigenvalue weighted by molar-refractivity contribution is 0.0711. The van der Waals surface area contributed by atoms with Crippen LogP contribution in [0.5, 0.6) is 0 Å². The van der Waals surface area contributed by atoms with Crippen molar-refractivity contribution < 1.29 is 9.52 Å². The van der Waals surface area contributed by atoms with Crippen molar-refractivity contribution in [1.29, 1.82) is 0 Å². The van der Waals surface area contributed by atoms with E-state index in [1.54, 1.807) is 13.2 Å². The molecule has 0 radical (unpaired) electrons. The Morgan fingerprint density at radius 3 is 2.67 bits per heavy atom. The second-order valence-electron chi connectivity index (χ2n) is 7.13. The van der Waals surface area contributed by atoms with Crippen LogP contribution in [0.25, 0.3) is 11.5 Å². The quantitative estimate of drug-likeness (QED) is 0.225. The lowest BCUT2D eigenvalue weighted by Gasteiger charge is -2.20. The van der Waals surface area contributed by atoms with Crippen molar-refractivity contribution >= 4 is 41.3 Å². The number of oxazole rings is 1. The molecule has 0 fully saturated rings. The van der Waals surface area contributed by atoms with Crippen LogP contribution in [0, 0.1) is 6.92 Å². The molecule has 1 aromatic carbocycles. The van der Waals surface area contributed by atoms with Crippen LogP contribution in [0.1, 0.15) is 30.0 Å². The molecule has 0 bridgehead atoms. The van der Waals surface area contributed by atoms with Crippen LogP contribution in [0.4, 0.5) is 0 Å². The van der Waals surface area contributed by atoms with Gasteiger partial charge in [-0.2, -0.15) is 0 Å². The second-order valence-corrected chi connectivity index (χ2v) is 8.08. The minimum absolute atomic E-state index is 0. The smallest absolute Gasteiger partial charge is 0.226 e. The molecular weight excluding hydrogens is 511 g/mol. The van der Waals surface area contributed by atoms with Gasteiger partial charge in [0.25, 0.3) is 0 Å². The first-order chi connectivity index (χ1) is 14.0. The maximum absolute atomic E-state index is 10.6. The van der Waals surface area contributed by atoms with Crippen LogP contribution in [-0.4, -0.2) is 35.7 Å². The molecule has 0 spiro atoms. The van der Waals surface area contributed by atoms with Gasteiger partial charge in [-0.3, -0.25) is 0 Å². The van der Waals surface area contributed by atoms with Gasteiger partial charge in [0.15, 0.2) is 5.96 Å². The molecule has 30 heavy (non-hydrogen) atoms. The molecule has 1 atom stereocenters. The maximum Gasteiger partial charge on any atom is 0.226 e. The highest BCUT2D eigenvalue weighted by Crippen LogP contribution is 2.25. The predicted octanol–water partition coefficient (Wildman–Crippen LogP) is 4.33. The Balaban J connectivity index is 0.00000320. The first-order valence-corrected chi connectivity index (χ1v) is 10.7. The number of hydrogen-bond acceptors (Lipinski definition) is 5. The minimum atomic E-state index is -0.981. The summed E-state index contributed by atoms with van der Waals surface area (Å²) in [5.41, 5.74) is 2.08. The molecule has 6 nitrogen and oxygen atoms in total. The number of guanidine groups is 1. The molecule has 3 rings (SSSR count). The first kappa shape index (κ1) is 24.4. The highest BCUT2D eigenvalue weighted by atomic mass is 127. The molecule has 1 unspecified atom stereocenters. The SMILES string of the molecule is CCNC(=NCC(C)(O)c1cccs1)NCCc1coc(-c2ccc(C)cc2)n1.I. The number of aryl methyl sites for hydroxylation is 1. The number of thiophene rings is 1. The molecule has 2 aromatic heterocycles. The number of halogens is 1. The van der Waals surface area contributed by atoms with E-state index in [4.69, 9.17) is 4.42 Å². The summed E-state index contributed by atoms with van der Waals surface area (Å²) in [7, 11) is 0. The van der Waals surface area contributed by atoms with E-state index in [1.807, 2.05) is 48.7 Å². The Morgan fingerprint density at radius 1 is 1.23 bits per heavy atom. The van der Waals surface area contributed by atoms with Gasteiger partial charge in [0, 0.05) is 30.0 Å². The summed E-state index contributed by atoms with van der Waals surface area (Å²) in [6, 6.07) is 12.0. The number of hydrogen-bond donors (Lipinski definition) is 3. The first-order valence-electron chi connectivity index (χ1n) is 9.78. The lowest BCUT2D eigenvalue weighted by atomic mass is 10.1. The summed E-state index contributed by atoms with van der Waals surface area (Å²) in [5, 5.41) is 19.1. The van der Waals surface area contributed by atoms with Gasteiger partial charge in [0.1, 0.15) is 11.9 Å². The fourth-order valence-electron chi connectivity index (χ4n) is 2.80. The van der Waals surface area contributed by atoms with Crippen LogP contribution in [0.2, 0.25) is 0 Å². The van der Waals surface area contributed by atoms with Gasteiger partial charge in [0.05, 0.1) is 12.2 Å². The number of rotatable bonds is 8. The summed E-state index contributed by atoms with van der Waals surface area (Å²) in [6.07, 6.45) is 2.41. The van der Waals surface area contributed by atoms with Gasteiger partial charge in [-0.25, -0.2) is 9.98 Å². The summed E-state index contributed by atoms with van der Waals surface area (Å²) < 4.78 is 5.61. The molecular formula is C22H29IN4O2S. The minimum Gasteiger partial charge on any atom is -0.444 e. The molecule has 0 saturated heterocycles. The van der Waals surface area contributed by atoms with Crippen molar-refractivity contribution in [2.24, 2.45) is 4.99 Å². The van der Waals surface area contributed by atoms with Crippen LogP contribution < -0.4 is 10.6 Å². The predicted molar refractivity (Wildman–Crippen MR) is 134 cm³/mol. The van der Waals surface area contributed by atoms with Crippen molar-refractivity contribution in [2.45, 2.75) is 32.8 Å². The molecule has 0 saturated carbocycles. The molecule has 0 aliphatic rings. The van der Waals surface area contributed by atoms with Crippen molar-refractivity contribution in [2.75, 3.05) is 19.6 Å². The lowest BCUT2D eigenvalue weighted by Crippen LogP contribution is -2.39. The highest BCUT2D eigenvalue weighted by molar-refractivity contribution is 14.0. The van der Waals surface area contributed by atoms with Crippen molar-refractivity contribution in [1.82, 2.24) is 15.6 Å². The summed E-state index contributed by atoms with van der Waals surface area (Å²) >= 11 is 1.53. The molecule has 162 valence electrons. The van der Waals surface area contributed by atoms with Crippen molar-refractivity contribution in [3.8, 4) is 11.5 Å². The summed E-state index contributed by atoms with van der Waals surface area (Å²) in [4.78, 5) is 10.0. The fourth-order valence-corrected chi connectivity index (χ4v) is 3.58. The third-order valence-electron chi connectivity index (χ3n) is 4.47. The fraction of sp³-hybridized carbons (Fsp3) is 0.364. The maximum atomic E-state index is 10.6. The molecule has 2 heterocycles. The zero-order valence-electron chi connectivity index (χ0n) is 17.5. The third-order valence-corrected chi connectivity index (χ3v) is 5.59. The zero-order chi connectivity index (χ0) is 20.7. The van der Waals surface area contributed by atoms with Gasteiger partial charge in [-0.1, -0.05) is 23.8 Å². The van der Waals surface area contributed by atoms with Crippen molar-refractivity contribution in [3.63, 3.8) is 0 Å². The van der Waals surface area contributed by atoms with E-state index < -0.39 is 5.60 Å². The average Bonchev–Trinajstić information content (AvgIpc) is 3.39. The Kier molecular flexibility index (Phi) is 9.32. The molecule has 3 aromatic rings. The van der Waals surface area contributed by atoms with Gasteiger partial charge < -0.3 is 20.2 Å². The van der Waals surface area contributed by atoms with Gasteiger partial charge in [-0.05, 0) is 44.4 Å². The number of nitrogens with zero attached hydrogens (tertiary/aromatic N) is 2. The van der Waals surface area contributed by atoms with Crippen molar-refractivity contribution in [3.05, 3.63) is 64.2 Å². The van der Waals surface area contributed by atoms with E-state index in [0.717, 1.165) is 22.7 Å². The number of benzene rings is 1. The normalized spacial score (nSPS) is 13.4. The molecule has 8 heteroatoms. The molecule has 0 aliphatic heterocycles. The van der Waals surface area contributed by atoms with Gasteiger partial charge in [-0.15, -0.1) is 35.3 Å². The summed E-state index contributed by atoms with van der Waals surface area (Å²) in [5.74, 6) is 1.30. The standard InChI is InChI=1S/C22H28N4O2S.HI/c1-4-23-21(25-15-22(3,27)19-6-5-13-29-19)24-12-11-18-14-28-20(26-18)17-9-7-16(2)8-10-17;/h5-10,13-14,27H,4,11-12,15H2,1-3H3,(H2,23,24,25);1H. The Bertz CT molecular complexity index is 921. The van der Waals surface area contributed by atoms with E-state index >= 15 is 0 Å². The van der Waals surface area contributed by atoms with E-state index in [1.165, 1.54) is 16.9 Å². The van der Waals surface area contributed by atoms with E-state index in [-0.39, 0.29) is 30.5 Å². The number of aromatic nitrogens is 1. The van der Waals surface area contributed by atoms with Crippen LogP contribution in [-0.2, 0) is 12.0 Å². The van der Waals surface area contributed by atoms with Crippen LogP contribution in [0.3, 0.4) is 0 Å². The van der Waals surface area contributed by atoms with Gasteiger partial charge in [0.2, 0.25) is 5.89 Å². The van der Waals surface area contributed by atoms with E-state index in [2.05, 4.69) is 27.5 Å².